The van der Waals surface area contributed by atoms with Crippen LogP contribution >= 0.6 is 0 Å². The van der Waals surface area contributed by atoms with Crippen LogP contribution in [-0.2, 0) is 25.8 Å². The predicted octanol–water partition coefficient (Wildman–Crippen LogP) is -0.930. The largest absolute Gasteiger partial charge is 0.386 e. The van der Waals surface area contributed by atoms with Gasteiger partial charge in [-0.1, -0.05) is 0 Å². The molecule has 0 saturated heterocycles. The van der Waals surface area contributed by atoms with Crippen molar-refractivity contribution in [2.24, 2.45) is 4.99 Å². The van der Waals surface area contributed by atoms with Gasteiger partial charge < -0.3 is 22.3 Å². The number of rotatable bonds is 7. The van der Waals surface area contributed by atoms with Gasteiger partial charge in [-0.05, 0) is 7.05 Å². The SMILES string of the molecule is [CH2-]CNC(=NCCOCCNC)NC#N.[W]. The molecule has 3 N–H and O–H groups in total. The van der Waals surface area contributed by atoms with Crippen molar-refractivity contribution in [3.05, 3.63) is 6.92 Å². The van der Waals surface area contributed by atoms with E-state index in [-0.39, 0.29) is 21.1 Å². The summed E-state index contributed by atoms with van der Waals surface area (Å²) in [6, 6.07) is 0. The molecular formula is C9H18N5OW-. The molecule has 0 spiro atoms. The van der Waals surface area contributed by atoms with E-state index in [0.717, 1.165) is 6.54 Å². The summed E-state index contributed by atoms with van der Waals surface area (Å²) in [5, 5.41) is 16.6. The summed E-state index contributed by atoms with van der Waals surface area (Å²) >= 11 is 0. The summed E-state index contributed by atoms with van der Waals surface area (Å²) in [4.78, 5) is 4.09. The molecule has 0 amide bonds. The molecule has 0 unspecified atom stereocenters. The standard InChI is InChI=1S/C9H18N5O.W/c1-3-12-9(14-8-10)13-5-7-15-6-4-11-2;/h11H,1,3-7H2,2H3,(H2,12,13,14);/q-1;. The Hall–Kier alpha value is -0.632. The van der Waals surface area contributed by atoms with Crippen LogP contribution in [0.25, 0.3) is 0 Å². The van der Waals surface area contributed by atoms with E-state index in [1.165, 1.54) is 0 Å². The second kappa shape index (κ2) is 14.4. The number of hydrogen-bond acceptors (Lipinski definition) is 4. The van der Waals surface area contributed by atoms with E-state index in [1.807, 2.05) is 7.05 Å². The molecule has 0 rings (SSSR count). The number of aliphatic imine (C=N–C) groups is 1. The van der Waals surface area contributed by atoms with Gasteiger partial charge in [-0.2, -0.15) is 5.26 Å². The van der Waals surface area contributed by atoms with Crippen molar-refractivity contribution in [1.82, 2.24) is 16.0 Å². The molecule has 16 heavy (non-hydrogen) atoms. The van der Waals surface area contributed by atoms with Crippen molar-refractivity contribution >= 4 is 5.96 Å². The van der Waals surface area contributed by atoms with Gasteiger partial charge in [-0.25, -0.2) is 0 Å². The molecule has 0 aromatic carbocycles. The molecule has 7 heteroatoms. The molecule has 0 aliphatic heterocycles. The van der Waals surface area contributed by atoms with Crippen LogP contribution in [0.2, 0.25) is 0 Å². The Balaban J connectivity index is 0. The number of nitrogens with one attached hydrogen (secondary N) is 3. The van der Waals surface area contributed by atoms with Crippen LogP contribution < -0.4 is 16.0 Å². The van der Waals surface area contributed by atoms with Crippen molar-refractivity contribution in [3.8, 4) is 6.19 Å². The van der Waals surface area contributed by atoms with Gasteiger partial charge in [-0.3, -0.25) is 10.3 Å². The van der Waals surface area contributed by atoms with Crippen LogP contribution in [0.3, 0.4) is 0 Å². The molecule has 92 valence electrons. The molecule has 0 bridgehead atoms. The van der Waals surface area contributed by atoms with E-state index in [9.17, 15) is 0 Å². The fourth-order valence-corrected chi connectivity index (χ4v) is 0.809. The van der Waals surface area contributed by atoms with Crippen molar-refractivity contribution < 1.29 is 25.8 Å². The third-order valence-electron chi connectivity index (χ3n) is 1.47. The van der Waals surface area contributed by atoms with Crippen LogP contribution in [0.5, 0.6) is 0 Å². The van der Waals surface area contributed by atoms with Crippen molar-refractivity contribution in [2.45, 2.75) is 0 Å². The molecule has 0 saturated carbocycles. The van der Waals surface area contributed by atoms with E-state index in [2.05, 4.69) is 27.9 Å². The molecule has 0 atom stereocenters. The Bertz CT molecular complexity index is 216. The number of hydrogen-bond donors (Lipinski definition) is 3. The van der Waals surface area contributed by atoms with Gasteiger partial charge in [0.25, 0.3) is 0 Å². The summed E-state index contributed by atoms with van der Waals surface area (Å²) < 4.78 is 5.26. The van der Waals surface area contributed by atoms with Gasteiger partial charge in [0, 0.05) is 27.6 Å². The summed E-state index contributed by atoms with van der Waals surface area (Å²) in [7, 11) is 1.87. The van der Waals surface area contributed by atoms with Crippen LogP contribution in [0.4, 0.5) is 0 Å². The first-order valence-corrected chi connectivity index (χ1v) is 4.80. The monoisotopic (exact) mass is 396 g/mol. The van der Waals surface area contributed by atoms with Gasteiger partial charge in [0.2, 0.25) is 5.96 Å². The normalized spacial score (nSPS) is 10.2. The minimum atomic E-state index is 0. The first-order chi connectivity index (χ1) is 7.35. The number of guanidine groups is 1. The van der Waals surface area contributed by atoms with Crippen LogP contribution in [0, 0.1) is 18.4 Å². The maximum Gasteiger partial charge on any atom is 0.202 e. The molecule has 0 radical (unpaired) electrons. The molecule has 0 aromatic heterocycles. The Labute approximate surface area is 111 Å². The number of likely N-dealkylation sites (N-methyl/N-ethyl adjacent to an activating group) is 1. The Morgan fingerprint density at radius 2 is 2.25 bits per heavy atom. The van der Waals surface area contributed by atoms with Gasteiger partial charge in [0.05, 0.1) is 19.8 Å². The van der Waals surface area contributed by atoms with Gasteiger partial charge in [0.1, 0.15) is 0 Å². The quantitative estimate of drug-likeness (QED) is 0.129. The van der Waals surface area contributed by atoms with Crippen LogP contribution in [0.1, 0.15) is 0 Å². The number of nitriles is 1. The molecule has 0 aromatic rings. The average Bonchev–Trinajstić information content (AvgIpc) is 2.24. The molecule has 0 aliphatic carbocycles. The first kappa shape index (κ1) is 17.8. The third kappa shape index (κ3) is 11.4. The summed E-state index contributed by atoms with van der Waals surface area (Å²) in [6.45, 7) is 6.62. The zero-order chi connectivity index (χ0) is 11.4. The van der Waals surface area contributed by atoms with Gasteiger partial charge in [0.15, 0.2) is 6.19 Å². The van der Waals surface area contributed by atoms with E-state index >= 15 is 0 Å². The van der Waals surface area contributed by atoms with Crippen molar-refractivity contribution in [3.63, 3.8) is 0 Å². The maximum absolute atomic E-state index is 8.39. The summed E-state index contributed by atoms with van der Waals surface area (Å²) in [6.07, 6.45) is 1.79. The maximum atomic E-state index is 8.39. The topological polar surface area (TPSA) is 81.5 Å². The van der Waals surface area contributed by atoms with E-state index in [4.69, 9.17) is 10.00 Å². The molecule has 0 aliphatic rings. The minimum absolute atomic E-state index is 0. The fraction of sp³-hybridized carbons (Fsp3) is 0.667. The second-order valence-corrected chi connectivity index (χ2v) is 2.61. The van der Waals surface area contributed by atoms with Crippen molar-refractivity contribution in [2.75, 3.05) is 39.9 Å². The molecule has 6 nitrogen and oxygen atoms in total. The first-order valence-electron chi connectivity index (χ1n) is 4.80. The molecule has 0 fully saturated rings. The van der Waals surface area contributed by atoms with Gasteiger partial charge >= 0.3 is 0 Å². The van der Waals surface area contributed by atoms with Crippen LogP contribution in [0.15, 0.2) is 4.99 Å². The number of nitrogens with zero attached hydrogens (tertiary/aromatic N) is 2. The van der Waals surface area contributed by atoms with E-state index < -0.39 is 0 Å². The second-order valence-electron chi connectivity index (χ2n) is 2.61. The number of ether oxygens (including phenoxy) is 1. The molecular weight excluding hydrogens is 378 g/mol. The van der Waals surface area contributed by atoms with Crippen LogP contribution in [-0.4, -0.2) is 45.9 Å². The average molecular weight is 396 g/mol. The third-order valence-corrected chi connectivity index (χ3v) is 1.47. The van der Waals surface area contributed by atoms with E-state index in [1.54, 1.807) is 6.19 Å². The Morgan fingerprint density at radius 3 is 2.81 bits per heavy atom. The predicted molar refractivity (Wildman–Crippen MR) is 59.2 cm³/mol. The van der Waals surface area contributed by atoms with E-state index in [0.29, 0.717) is 32.3 Å². The molecule has 0 heterocycles. The Morgan fingerprint density at radius 1 is 1.50 bits per heavy atom. The Kier molecular flexibility index (Phi) is 15.9. The fourth-order valence-electron chi connectivity index (χ4n) is 0.809. The smallest absolute Gasteiger partial charge is 0.202 e. The zero-order valence-corrected chi connectivity index (χ0v) is 12.4. The van der Waals surface area contributed by atoms with Gasteiger partial charge in [-0.15, -0.1) is 6.54 Å². The summed E-state index contributed by atoms with van der Waals surface area (Å²) in [5.74, 6) is 0.435. The minimum Gasteiger partial charge on any atom is -0.386 e. The zero-order valence-electron chi connectivity index (χ0n) is 9.45. The van der Waals surface area contributed by atoms with Crippen molar-refractivity contribution in [1.29, 1.82) is 5.26 Å². The summed E-state index contributed by atoms with van der Waals surface area (Å²) in [5.41, 5.74) is 0.